The molecule has 3 rings (SSSR count). The van der Waals surface area contributed by atoms with Crippen molar-refractivity contribution in [2.75, 3.05) is 19.5 Å². The van der Waals surface area contributed by atoms with E-state index >= 15 is 0 Å². The van der Waals surface area contributed by atoms with Crippen molar-refractivity contribution in [3.8, 4) is 11.5 Å². The van der Waals surface area contributed by atoms with Crippen LogP contribution in [0.1, 0.15) is 22.7 Å². The van der Waals surface area contributed by atoms with Crippen LogP contribution in [0.4, 0.5) is 10.5 Å². The van der Waals surface area contributed by atoms with Gasteiger partial charge in [0.1, 0.15) is 0 Å². The first-order valence-corrected chi connectivity index (χ1v) is 8.09. The molecule has 6 heteroatoms. The fourth-order valence-corrected chi connectivity index (χ4v) is 3.16. The number of methoxy groups -OCH3 is 2. The van der Waals surface area contributed by atoms with Crippen molar-refractivity contribution in [2.45, 2.75) is 25.5 Å². The number of fused-ring (bicyclic) bond motifs is 1. The van der Waals surface area contributed by atoms with Crippen molar-refractivity contribution >= 4 is 11.7 Å². The van der Waals surface area contributed by atoms with Gasteiger partial charge in [-0.15, -0.1) is 0 Å². The summed E-state index contributed by atoms with van der Waals surface area (Å²) in [6.07, 6.45) is -0.0918. The third-order valence-electron chi connectivity index (χ3n) is 4.47. The van der Waals surface area contributed by atoms with Crippen LogP contribution in [0, 0.1) is 6.92 Å². The Labute approximate surface area is 146 Å². The number of amides is 2. The van der Waals surface area contributed by atoms with Gasteiger partial charge in [-0.1, -0.05) is 24.3 Å². The maximum Gasteiger partial charge on any atom is 0.319 e. The molecular weight excluding hydrogens is 320 g/mol. The fourth-order valence-electron chi connectivity index (χ4n) is 3.16. The number of benzene rings is 2. The summed E-state index contributed by atoms with van der Waals surface area (Å²) < 4.78 is 10.5. The Balaban J connectivity index is 1.75. The molecule has 0 bridgehead atoms. The minimum absolute atomic E-state index is 0.379. The van der Waals surface area contributed by atoms with Gasteiger partial charge in [-0.25, -0.2) is 4.79 Å². The third-order valence-corrected chi connectivity index (χ3v) is 4.47. The summed E-state index contributed by atoms with van der Waals surface area (Å²) in [4.78, 5) is 12.4. The van der Waals surface area contributed by atoms with Gasteiger partial charge < -0.3 is 25.2 Å². The third kappa shape index (κ3) is 3.39. The fraction of sp³-hybridized carbons (Fsp3) is 0.316. The lowest BCUT2D eigenvalue weighted by Gasteiger charge is -2.19. The van der Waals surface area contributed by atoms with Crippen LogP contribution in [0.2, 0.25) is 0 Å². The first-order chi connectivity index (χ1) is 12.0. The maximum absolute atomic E-state index is 12.4. The summed E-state index contributed by atoms with van der Waals surface area (Å²) >= 11 is 0. The number of ether oxygens (including phenoxy) is 2. The number of aryl methyl sites for hydroxylation is 1. The van der Waals surface area contributed by atoms with Gasteiger partial charge in [-0.3, -0.25) is 0 Å². The van der Waals surface area contributed by atoms with E-state index in [-0.39, 0.29) is 6.03 Å². The molecule has 0 heterocycles. The molecular formula is C19H22N2O4. The van der Waals surface area contributed by atoms with Gasteiger partial charge in [-0.05, 0) is 29.7 Å². The summed E-state index contributed by atoms with van der Waals surface area (Å²) in [6, 6.07) is 10.5. The maximum atomic E-state index is 12.4. The van der Waals surface area contributed by atoms with Crippen molar-refractivity contribution in [1.29, 1.82) is 0 Å². The molecule has 0 aliphatic heterocycles. The van der Waals surface area contributed by atoms with E-state index in [2.05, 4.69) is 10.6 Å². The number of aliphatic hydroxyl groups is 1. The first-order valence-electron chi connectivity index (χ1n) is 8.09. The molecule has 1 aliphatic carbocycles. The molecule has 0 spiro atoms. The molecule has 25 heavy (non-hydrogen) atoms. The molecule has 2 aromatic rings. The number of hydrogen-bond donors (Lipinski definition) is 3. The van der Waals surface area contributed by atoms with Gasteiger partial charge in [-0.2, -0.15) is 0 Å². The lowest BCUT2D eigenvalue weighted by atomic mass is 10.1. The van der Waals surface area contributed by atoms with Gasteiger partial charge in [0.25, 0.3) is 0 Å². The van der Waals surface area contributed by atoms with Crippen molar-refractivity contribution in [1.82, 2.24) is 5.32 Å². The predicted octanol–water partition coefficient (Wildman–Crippen LogP) is 2.79. The molecule has 0 saturated carbocycles. The van der Waals surface area contributed by atoms with Gasteiger partial charge in [0, 0.05) is 18.2 Å². The van der Waals surface area contributed by atoms with Crippen molar-refractivity contribution in [3.63, 3.8) is 0 Å². The second-order valence-electron chi connectivity index (χ2n) is 6.07. The van der Waals surface area contributed by atoms with Crippen LogP contribution in [0.5, 0.6) is 11.5 Å². The zero-order valence-electron chi connectivity index (χ0n) is 14.5. The Morgan fingerprint density at radius 1 is 1.16 bits per heavy atom. The second-order valence-corrected chi connectivity index (χ2v) is 6.07. The zero-order chi connectivity index (χ0) is 18.0. The van der Waals surface area contributed by atoms with E-state index in [1.807, 2.05) is 31.2 Å². The second kappa shape index (κ2) is 7.03. The van der Waals surface area contributed by atoms with E-state index in [9.17, 15) is 9.90 Å². The average Bonchev–Trinajstić information content (AvgIpc) is 2.92. The number of carbonyl (C=O) groups is 1. The molecule has 0 saturated heterocycles. The number of anilines is 1. The van der Waals surface area contributed by atoms with Crippen LogP contribution in [-0.4, -0.2) is 31.5 Å². The summed E-state index contributed by atoms with van der Waals surface area (Å²) in [5, 5.41) is 15.9. The van der Waals surface area contributed by atoms with Crippen LogP contribution in [0.25, 0.3) is 0 Å². The number of urea groups is 1. The van der Waals surface area contributed by atoms with Crippen molar-refractivity contribution < 1.29 is 19.4 Å². The summed E-state index contributed by atoms with van der Waals surface area (Å²) in [5.74, 6) is 1.14. The highest BCUT2D eigenvalue weighted by molar-refractivity contribution is 5.91. The molecule has 0 fully saturated rings. The molecule has 6 nitrogen and oxygen atoms in total. The highest BCUT2D eigenvalue weighted by atomic mass is 16.5. The van der Waals surface area contributed by atoms with E-state index in [0.717, 1.165) is 16.7 Å². The van der Waals surface area contributed by atoms with E-state index < -0.39 is 12.1 Å². The zero-order valence-corrected chi connectivity index (χ0v) is 14.5. The van der Waals surface area contributed by atoms with E-state index in [0.29, 0.717) is 23.6 Å². The van der Waals surface area contributed by atoms with Gasteiger partial charge in [0.2, 0.25) is 0 Å². The Morgan fingerprint density at radius 3 is 2.56 bits per heavy atom. The lowest BCUT2D eigenvalue weighted by Crippen LogP contribution is -2.36. The number of hydrogen-bond acceptors (Lipinski definition) is 4. The molecule has 0 aromatic heterocycles. The monoisotopic (exact) mass is 342 g/mol. The lowest BCUT2D eigenvalue weighted by molar-refractivity contribution is 0.144. The minimum atomic E-state index is -0.630. The Morgan fingerprint density at radius 2 is 1.84 bits per heavy atom. The van der Waals surface area contributed by atoms with Crippen LogP contribution in [-0.2, 0) is 6.42 Å². The van der Waals surface area contributed by atoms with E-state index in [1.165, 1.54) is 0 Å². The highest BCUT2D eigenvalue weighted by Crippen LogP contribution is 2.34. The van der Waals surface area contributed by atoms with Crippen LogP contribution in [0.3, 0.4) is 0 Å². The Kier molecular flexibility index (Phi) is 4.81. The van der Waals surface area contributed by atoms with E-state index in [4.69, 9.17) is 9.47 Å². The molecule has 0 unspecified atom stereocenters. The minimum Gasteiger partial charge on any atom is -0.493 e. The topological polar surface area (TPSA) is 79.8 Å². The number of nitrogens with one attached hydrogen (secondary N) is 2. The molecule has 3 N–H and O–H groups in total. The van der Waals surface area contributed by atoms with Gasteiger partial charge in [0.15, 0.2) is 11.5 Å². The average molecular weight is 342 g/mol. The van der Waals surface area contributed by atoms with Crippen LogP contribution in [0.15, 0.2) is 36.4 Å². The molecule has 2 amide bonds. The summed E-state index contributed by atoms with van der Waals surface area (Å²) in [5.41, 5.74) is 3.48. The first kappa shape index (κ1) is 17.1. The number of rotatable bonds is 4. The molecule has 2 aromatic carbocycles. The summed E-state index contributed by atoms with van der Waals surface area (Å²) in [7, 11) is 3.11. The Bertz CT molecular complexity index is 791. The van der Waals surface area contributed by atoms with E-state index in [1.54, 1.807) is 26.4 Å². The molecule has 2 atom stereocenters. The van der Waals surface area contributed by atoms with Gasteiger partial charge >= 0.3 is 6.03 Å². The molecule has 132 valence electrons. The van der Waals surface area contributed by atoms with Gasteiger partial charge in [0.05, 0.1) is 26.4 Å². The number of carbonyl (C=O) groups excluding carboxylic acids is 1. The van der Waals surface area contributed by atoms with Crippen molar-refractivity contribution in [2.24, 2.45) is 0 Å². The highest BCUT2D eigenvalue weighted by Gasteiger charge is 2.31. The normalized spacial score (nSPS) is 18.4. The smallest absolute Gasteiger partial charge is 0.319 e. The number of aliphatic hydroxyl groups excluding tert-OH is 1. The largest absolute Gasteiger partial charge is 0.493 e. The standard InChI is InChI=1S/C19H22N2O4/c1-11-8-16(24-2)17(25-3)10-14(11)20-19(23)21-18-13-7-5-4-6-12(13)9-15(18)22/h4-8,10,15,18,22H,9H2,1-3H3,(H2,20,21,23)/t15-,18+/m1/s1. The predicted molar refractivity (Wildman–Crippen MR) is 95.3 cm³/mol. The van der Waals surface area contributed by atoms with Crippen LogP contribution >= 0.6 is 0 Å². The van der Waals surface area contributed by atoms with Crippen molar-refractivity contribution in [3.05, 3.63) is 53.1 Å². The summed E-state index contributed by atoms with van der Waals surface area (Å²) in [6.45, 7) is 1.87. The quantitative estimate of drug-likeness (QED) is 0.798. The molecule has 0 radical (unpaired) electrons. The van der Waals surface area contributed by atoms with Crippen LogP contribution < -0.4 is 20.1 Å². The SMILES string of the molecule is COc1cc(C)c(NC(=O)N[C@H]2c3ccccc3C[C@H]2O)cc1OC. The molecule has 1 aliphatic rings. The Hall–Kier alpha value is -2.73.